The first-order valence-electron chi connectivity index (χ1n) is 10.9. The molecule has 4 N–H and O–H groups in total. The minimum Gasteiger partial charge on any atom is -0.497 e. The van der Waals surface area contributed by atoms with E-state index < -0.39 is 23.9 Å². The van der Waals surface area contributed by atoms with Gasteiger partial charge in [0.15, 0.2) is 0 Å². The molecule has 4 amide bonds. The number of fused-ring (bicyclic) bond motifs is 1. The van der Waals surface area contributed by atoms with Crippen molar-refractivity contribution in [2.45, 2.75) is 18.4 Å². The van der Waals surface area contributed by atoms with E-state index in [4.69, 9.17) is 10.5 Å². The lowest BCUT2D eigenvalue weighted by Gasteiger charge is -2.25. The summed E-state index contributed by atoms with van der Waals surface area (Å²) in [7, 11) is 1.54. The van der Waals surface area contributed by atoms with Gasteiger partial charge in [-0.25, -0.2) is 4.79 Å². The van der Waals surface area contributed by atoms with Crippen LogP contribution in [-0.2, 0) is 9.59 Å². The Kier molecular flexibility index (Phi) is 6.77. The van der Waals surface area contributed by atoms with Crippen LogP contribution in [-0.4, -0.2) is 37.5 Å². The number of carbonyl (C=O) groups is 3. The molecule has 0 aliphatic carbocycles. The fourth-order valence-corrected chi connectivity index (χ4v) is 4.27. The van der Waals surface area contributed by atoms with Crippen LogP contribution in [0, 0.1) is 0 Å². The van der Waals surface area contributed by atoms with E-state index in [1.807, 2.05) is 48.5 Å². The third-order valence-corrected chi connectivity index (χ3v) is 5.79. The van der Waals surface area contributed by atoms with Crippen LogP contribution in [0.25, 0.3) is 0 Å². The van der Waals surface area contributed by atoms with Gasteiger partial charge in [-0.2, -0.15) is 0 Å². The number of para-hydroxylation sites is 1. The average molecular weight is 459 g/mol. The van der Waals surface area contributed by atoms with Crippen LogP contribution >= 0.6 is 0 Å². The van der Waals surface area contributed by atoms with Crippen molar-refractivity contribution in [2.75, 3.05) is 23.9 Å². The standard InChI is InChI=1S/C26H26N4O4/c1-34-19-11-7-10-18(14-19)28-26(33)29-22-15-21(17-8-3-2-4-9-17)20-12-5-6-13-23(20)30(25(22)32)16-24(27)31/h2-14,21-22H,15-16H2,1H3,(H2,27,31)(H2,28,29,33). The lowest BCUT2D eigenvalue weighted by Crippen LogP contribution is -2.51. The number of benzene rings is 3. The molecule has 0 saturated carbocycles. The molecule has 0 radical (unpaired) electrons. The van der Waals surface area contributed by atoms with Crippen LogP contribution in [0.1, 0.15) is 23.5 Å². The van der Waals surface area contributed by atoms with Crippen molar-refractivity contribution in [1.82, 2.24) is 5.32 Å². The number of nitrogens with zero attached hydrogens (tertiary/aromatic N) is 1. The Morgan fingerprint density at radius 1 is 1.03 bits per heavy atom. The summed E-state index contributed by atoms with van der Waals surface area (Å²) in [6, 6.07) is 22.7. The monoisotopic (exact) mass is 458 g/mol. The number of carbonyl (C=O) groups excluding carboxylic acids is 3. The van der Waals surface area contributed by atoms with Crippen LogP contribution in [0.5, 0.6) is 5.75 Å². The minimum absolute atomic E-state index is 0.179. The van der Waals surface area contributed by atoms with E-state index >= 15 is 0 Å². The molecule has 1 aliphatic heterocycles. The number of anilines is 2. The van der Waals surface area contributed by atoms with Gasteiger partial charge in [0.05, 0.1) is 7.11 Å². The van der Waals surface area contributed by atoms with E-state index in [0.29, 0.717) is 23.5 Å². The highest BCUT2D eigenvalue weighted by Crippen LogP contribution is 2.39. The first-order chi connectivity index (χ1) is 16.5. The topological polar surface area (TPSA) is 114 Å². The van der Waals surface area contributed by atoms with Crippen LogP contribution < -0.4 is 26.0 Å². The number of nitrogens with one attached hydrogen (secondary N) is 2. The van der Waals surface area contributed by atoms with Gasteiger partial charge in [0.2, 0.25) is 11.8 Å². The molecule has 3 aromatic carbocycles. The lowest BCUT2D eigenvalue weighted by molar-refractivity contribution is -0.123. The van der Waals surface area contributed by atoms with Crippen LogP contribution in [0.15, 0.2) is 78.9 Å². The second-order valence-electron chi connectivity index (χ2n) is 8.03. The predicted molar refractivity (Wildman–Crippen MR) is 130 cm³/mol. The molecule has 8 nitrogen and oxygen atoms in total. The van der Waals surface area contributed by atoms with Gasteiger partial charge in [-0.05, 0) is 35.7 Å². The van der Waals surface area contributed by atoms with Crippen molar-refractivity contribution in [3.05, 3.63) is 90.0 Å². The fourth-order valence-electron chi connectivity index (χ4n) is 4.27. The van der Waals surface area contributed by atoms with Gasteiger partial charge in [0.25, 0.3) is 0 Å². The molecule has 34 heavy (non-hydrogen) atoms. The Morgan fingerprint density at radius 2 is 1.76 bits per heavy atom. The van der Waals surface area contributed by atoms with Crippen LogP contribution in [0.3, 0.4) is 0 Å². The molecule has 0 saturated heterocycles. The molecule has 4 rings (SSSR count). The van der Waals surface area contributed by atoms with Gasteiger partial charge in [0, 0.05) is 23.4 Å². The SMILES string of the molecule is COc1cccc(NC(=O)NC2CC(c3ccccc3)c3ccccc3N(CC(N)=O)C2=O)c1. The maximum absolute atomic E-state index is 13.6. The average Bonchev–Trinajstić information content (AvgIpc) is 2.95. The van der Waals surface area contributed by atoms with E-state index in [0.717, 1.165) is 11.1 Å². The number of methoxy groups -OCH3 is 1. The molecule has 0 fully saturated rings. The number of urea groups is 1. The Hall–Kier alpha value is -4.33. The Morgan fingerprint density at radius 3 is 2.50 bits per heavy atom. The van der Waals surface area contributed by atoms with Gasteiger partial charge in [-0.3, -0.25) is 9.59 Å². The molecular weight excluding hydrogens is 432 g/mol. The maximum Gasteiger partial charge on any atom is 0.319 e. The zero-order valence-corrected chi connectivity index (χ0v) is 18.7. The smallest absolute Gasteiger partial charge is 0.319 e. The summed E-state index contributed by atoms with van der Waals surface area (Å²) < 4.78 is 5.19. The number of hydrogen-bond acceptors (Lipinski definition) is 4. The number of amides is 4. The lowest BCUT2D eigenvalue weighted by atomic mass is 9.86. The number of ether oxygens (including phenoxy) is 1. The third-order valence-electron chi connectivity index (χ3n) is 5.79. The number of nitrogens with two attached hydrogens (primary N) is 1. The summed E-state index contributed by atoms with van der Waals surface area (Å²) in [5, 5.41) is 5.54. The summed E-state index contributed by atoms with van der Waals surface area (Å²) in [5.74, 6) is -0.622. The van der Waals surface area contributed by atoms with Crippen LogP contribution in [0.2, 0.25) is 0 Å². The largest absolute Gasteiger partial charge is 0.497 e. The summed E-state index contributed by atoms with van der Waals surface area (Å²) in [5.41, 5.74) is 8.50. The van der Waals surface area contributed by atoms with E-state index in [-0.39, 0.29) is 12.5 Å². The van der Waals surface area contributed by atoms with Crippen molar-refractivity contribution < 1.29 is 19.1 Å². The van der Waals surface area contributed by atoms with Crippen molar-refractivity contribution >= 4 is 29.2 Å². The van der Waals surface area contributed by atoms with Gasteiger partial charge in [-0.15, -0.1) is 0 Å². The van der Waals surface area contributed by atoms with Gasteiger partial charge < -0.3 is 26.0 Å². The van der Waals surface area contributed by atoms with Crippen molar-refractivity contribution in [2.24, 2.45) is 5.73 Å². The molecule has 0 aromatic heterocycles. The van der Waals surface area contributed by atoms with Gasteiger partial charge >= 0.3 is 6.03 Å². The highest BCUT2D eigenvalue weighted by molar-refractivity contribution is 6.05. The third kappa shape index (κ3) is 5.01. The normalized spacial score (nSPS) is 17.3. The summed E-state index contributed by atoms with van der Waals surface area (Å²) in [6.07, 6.45) is 0.320. The second-order valence-corrected chi connectivity index (χ2v) is 8.03. The number of hydrogen-bond donors (Lipinski definition) is 3. The van der Waals surface area contributed by atoms with Crippen molar-refractivity contribution in [1.29, 1.82) is 0 Å². The van der Waals surface area contributed by atoms with Crippen LogP contribution in [0.4, 0.5) is 16.2 Å². The maximum atomic E-state index is 13.6. The zero-order chi connectivity index (χ0) is 24.1. The summed E-state index contributed by atoms with van der Waals surface area (Å²) in [4.78, 5) is 39.6. The molecule has 1 aliphatic rings. The summed E-state index contributed by atoms with van der Waals surface area (Å²) in [6.45, 7) is -0.285. The van der Waals surface area contributed by atoms with E-state index in [2.05, 4.69) is 10.6 Å². The van der Waals surface area contributed by atoms with Crippen molar-refractivity contribution in [3.63, 3.8) is 0 Å². The molecule has 2 atom stereocenters. The molecule has 8 heteroatoms. The Balaban J connectivity index is 1.67. The minimum atomic E-state index is -0.887. The van der Waals surface area contributed by atoms with E-state index in [9.17, 15) is 14.4 Å². The molecule has 0 spiro atoms. The molecular formula is C26H26N4O4. The molecule has 0 bridgehead atoms. The van der Waals surface area contributed by atoms with Gasteiger partial charge in [-0.1, -0.05) is 54.6 Å². The van der Waals surface area contributed by atoms with Crippen molar-refractivity contribution in [3.8, 4) is 5.75 Å². The zero-order valence-electron chi connectivity index (χ0n) is 18.7. The first-order valence-corrected chi connectivity index (χ1v) is 10.9. The molecule has 1 heterocycles. The molecule has 174 valence electrons. The predicted octanol–water partition coefficient (Wildman–Crippen LogP) is 3.24. The number of primary amides is 1. The number of rotatable bonds is 6. The molecule has 3 aromatic rings. The highest BCUT2D eigenvalue weighted by Gasteiger charge is 2.37. The summed E-state index contributed by atoms with van der Waals surface area (Å²) >= 11 is 0. The highest BCUT2D eigenvalue weighted by atomic mass is 16.5. The van der Waals surface area contributed by atoms with E-state index in [1.54, 1.807) is 30.3 Å². The molecule has 2 unspecified atom stereocenters. The first kappa shape index (κ1) is 22.8. The Labute approximate surface area is 197 Å². The second kappa shape index (κ2) is 10.1. The fraction of sp³-hybridized carbons (Fsp3) is 0.192. The quantitative estimate of drug-likeness (QED) is 0.526. The van der Waals surface area contributed by atoms with E-state index in [1.165, 1.54) is 12.0 Å². The Bertz CT molecular complexity index is 1200. The van der Waals surface area contributed by atoms with Gasteiger partial charge in [0.1, 0.15) is 18.3 Å².